The lowest BCUT2D eigenvalue weighted by molar-refractivity contribution is 0.370. The van der Waals surface area contributed by atoms with E-state index in [1.54, 1.807) is 12.1 Å². The molecule has 6 heteroatoms. The fraction of sp³-hybridized carbons (Fsp3) is 0.600. The molecular weight excluding hydrogens is 286 g/mol. The molecule has 0 aromatic heterocycles. The Balaban J connectivity index is 2.66. The number of nitrogens with zero attached hydrogens (tertiary/aromatic N) is 1. The first-order valence-electron chi connectivity index (χ1n) is 7.32. The average molecular weight is 313 g/mol. The van der Waals surface area contributed by atoms with Crippen molar-refractivity contribution in [1.82, 2.24) is 14.9 Å². The smallest absolute Gasteiger partial charge is 0.240 e. The molecular formula is C15H27N3O2S. The first-order chi connectivity index (χ1) is 9.85. The molecule has 0 aliphatic rings. The SMILES string of the molecule is CCNCCc1ccc(S(=O)(=O)NC(C)CN(C)C)cc1. The number of nitrogens with one attached hydrogen (secondary N) is 2. The van der Waals surface area contributed by atoms with Gasteiger partial charge in [-0.05, 0) is 58.2 Å². The van der Waals surface area contributed by atoms with Crippen LogP contribution in [-0.4, -0.2) is 53.1 Å². The normalized spacial score (nSPS) is 13.6. The molecule has 21 heavy (non-hydrogen) atoms. The zero-order valence-corrected chi connectivity index (χ0v) is 14.2. The summed E-state index contributed by atoms with van der Waals surface area (Å²) >= 11 is 0. The Hall–Kier alpha value is -0.950. The van der Waals surface area contributed by atoms with Crippen LogP contribution in [0.25, 0.3) is 0 Å². The van der Waals surface area contributed by atoms with Crippen LogP contribution in [0.2, 0.25) is 0 Å². The van der Waals surface area contributed by atoms with Gasteiger partial charge in [-0.3, -0.25) is 0 Å². The molecule has 0 radical (unpaired) electrons. The Kier molecular flexibility index (Phi) is 7.31. The van der Waals surface area contributed by atoms with Gasteiger partial charge >= 0.3 is 0 Å². The summed E-state index contributed by atoms with van der Waals surface area (Å²) in [7, 11) is 0.402. The summed E-state index contributed by atoms with van der Waals surface area (Å²) in [6.45, 7) is 6.44. The van der Waals surface area contributed by atoms with Gasteiger partial charge in [-0.1, -0.05) is 19.1 Å². The van der Waals surface area contributed by atoms with E-state index in [2.05, 4.69) is 17.0 Å². The van der Waals surface area contributed by atoms with E-state index in [0.717, 1.165) is 25.1 Å². The maximum Gasteiger partial charge on any atom is 0.240 e. The minimum absolute atomic E-state index is 0.126. The third kappa shape index (κ3) is 6.56. The Morgan fingerprint density at radius 3 is 2.33 bits per heavy atom. The van der Waals surface area contributed by atoms with Crippen molar-refractivity contribution >= 4 is 10.0 Å². The highest BCUT2D eigenvalue weighted by Gasteiger charge is 2.17. The molecule has 1 aromatic rings. The van der Waals surface area contributed by atoms with E-state index in [4.69, 9.17) is 0 Å². The fourth-order valence-corrected chi connectivity index (χ4v) is 3.40. The third-order valence-corrected chi connectivity index (χ3v) is 4.67. The Morgan fingerprint density at radius 2 is 1.81 bits per heavy atom. The van der Waals surface area contributed by atoms with E-state index in [9.17, 15) is 8.42 Å². The minimum atomic E-state index is -3.44. The summed E-state index contributed by atoms with van der Waals surface area (Å²) in [5, 5.41) is 3.25. The number of sulfonamides is 1. The number of hydrogen-bond donors (Lipinski definition) is 2. The van der Waals surface area contributed by atoms with Gasteiger partial charge in [-0.2, -0.15) is 0 Å². The van der Waals surface area contributed by atoms with E-state index < -0.39 is 10.0 Å². The van der Waals surface area contributed by atoms with Gasteiger partial charge in [0, 0.05) is 12.6 Å². The number of hydrogen-bond acceptors (Lipinski definition) is 4. The van der Waals surface area contributed by atoms with E-state index in [-0.39, 0.29) is 6.04 Å². The molecule has 0 bridgehead atoms. The molecule has 0 aliphatic carbocycles. The highest BCUT2D eigenvalue weighted by molar-refractivity contribution is 7.89. The van der Waals surface area contributed by atoms with Crippen molar-refractivity contribution in [3.63, 3.8) is 0 Å². The predicted molar refractivity (Wildman–Crippen MR) is 87.0 cm³/mol. The maximum atomic E-state index is 12.3. The van der Waals surface area contributed by atoms with Gasteiger partial charge in [0.2, 0.25) is 10.0 Å². The van der Waals surface area contributed by atoms with Gasteiger partial charge < -0.3 is 10.2 Å². The molecule has 0 amide bonds. The lowest BCUT2D eigenvalue weighted by Crippen LogP contribution is -2.39. The van der Waals surface area contributed by atoms with Gasteiger partial charge in [-0.25, -0.2) is 13.1 Å². The molecule has 1 unspecified atom stereocenters. The third-order valence-electron chi connectivity index (χ3n) is 3.07. The summed E-state index contributed by atoms with van der Waals surface area (Å²) in [5.74, 6) is 0. The summed E-state index contributed by atoms with van der Waals surface area (Å²) in [6, 6.07) is 6.97. The molecule has 1 atom stereocenters. The second-order valence-corrected chi connectivity index (χ2v) is 7.25. The van der Waals surface area contributed by atoms with Gasteiger partial charge in [0.15, 0.2) is 0 Å². The second-order valence-electron chi connectivity index (χ2n) is 5.53. The van der Waals surface area contributed by atoms with Gasteiger partial charge in [0.25, 0.3) is 0 Å². The van der Waals surface area contributed by atoms with Crippen molar-refractivity contribution in [2.45, 2.75) is 31.2 Å². The van der Waals surface area contributed by atoms with Gasteiger partial charge in [0.05, 0.1) is 4.90 Å². The van der Waals surface area contributed by atoms with Crippen molar-refractivity contribution in [2.75, 3.05) is 33.7 Å². The molecule has 5 nitrogen and oxygen atoms in total. The molecule has 0 aliphatic heterocycles. The van der Waals surface area contributed by atoms with Crippen molar-refractivity contribution in [3.8, 4) is 0 Å². The van der Waals surface area contributed by atoms with Crippen LogP contribution in [0.3, 0.4) is 0 Å². The van der Waals surface area contributed by atoms with E-state index >= 15 is 0 Å². The van der Waals surface area contributed by atoms with Crippen LogP contribution in [0, 0.1) is 0 Å². The number of rotatable bonds is 9. The summed E-state index contributed by atoms with van der Waals surface area (Å²) in [5.41, 5.74) is 1.14. The lowest BCUT2D eigenvalue weighted by atomic mass is 10.1. The van der Waals surface area contributed by atoms with Crippen molar-refractivity contribution in [2.24, 2.45) is 0 Å². The highest BCUT2D eigenvalue weighted by atomic mass is 32.2. The summed E-state index contributed by atoms with van der Waals surface area (Å²) in [4.78, 5) is 2.28. The van der Waals surface area contributed by atoms with E-state index in [1.165, 1.54) is 0 Å². The van der Waals surface area contributed by atoms with Gasteiger partial charge in [-0.15, -0.1) is 0 Å². The first kappa shape index (κ1) is 18.1. The maximum absolute atomic E-state index is 12.3. The molecule has 0 fully saturated rings. The Labute approximate surface area is 128 Å². The first-order valence-corrected chi connectivity index (χ1v) is 8.80. The van der Waals surface area contributed by atoms with Crippen molar-refractivity contribution < 1.29 is 8.42 Å². The fourth-order valence-electron chi connectivity index (χ4n) is 2.16. The summed E-state index contributed by atoms with van der Waals surface area (Å²) in [6.07, 6.45) is 0.901. The van der Waals surface area contributed by atoms with Crippen LogP contribution in [0.1, 0.15) is 19.4 Å². The monoisotopic (exact) mass is 313 g/mol. The van der Waals surface area contributed by atoms with Crippen LogP contribution in [0.5, 0.6) is 0 Å². The molecule has 1 aromatic carbocycles. The molecule has 0 heterocycles. The van der Waals surface area contributed by atoms with E-state index in [1.807, 2.05) is 38.1 Å². The predicted octanol–water partition coefficient (Wildman–Crippen LogP) is 1.07. The zero-order valence-electron chi connectivity index (χ0n) is 13.4. The molecule has 2 N–H and O–H groups in total. The Bertz CT molecular complexity index is 512. The van der Waals surface area contributed by atoms with Crippen LogP contribution in [0.15, 0.2) is 29.2 Å². The summed E-state index contributed by atoms with van der Waals surface area (Å²) < 4.78 is 27.2. The van der Waals surface area contributed by atoms with E-state index in [0.29, 0.717) is 11.4 Å². The largest absolute Gasteiger partial charge is 0.317 e. The van der Waals surface area contributed by atoms with Crippen LogP contribution < -0.4 is 10.0 Å². The standard InChI is InChI=1S/C15H27N3O2S/c1-5-16-11-10-14-6-8-15(9-7-14)21(19,20)17-13(2)12-18(3)4/h6-9,13,16-17H,5,10-12H2,1-4H3. The number of benzene rings is 1. The van der Waals surface area contributed by atoms with Crippen molar-refractivity contribution in [1.29, 1.82) is 0 Å². The molecule has 0 spiro atoms. The zero-order chi connectivity index (χ0) is 15.9. The van der Waals surface area contributed by atoms with Crippen molar-refractivity contribution in [3.05, 3.63) is 29.8 Å². The Morgan fingerprint density at radius 1 is 1.19 bits per heavy atom. The lowest BCUT2D eigenvalue weighted by Gasteiger charge is -2.18. The molecule has 120 valence electrons. The molecule has 0 saturated heterocycles. The van der Waals surface area contributed by atoms with Crippen LogP contribution >= 0.6 is 0 Å². The van der Waals surface area contributed by atoms with Crippen LogP contribution in [0.4, 0.5) is 0 Å². The van der Waals surface area contributed by atoms with Crippen LogP contribution in [-0.2, 0) is 16.4 Å². The second kappa shape index (κ2) is 8.48. The molecule has 1 rings (SSSR count). The average Bonchev–Trinajstić information content (AvgIpc) is 2.38. The van der Waals surface area contributed by atoms with Gasteiger partial charge in [0.1, 0.15) is 0 Å². The molecule has 0 saturated carbocycles. The quantitative estimate of drug-likeness (QED) is 0.670. The minimum Gasteiger partial charge on any atom is -0.317 e. The highest BCUT2D eigenvalue weighted by Crippen LogP contribution is 2.11. The number of likely N-dealkylation sites (N-methyl/N-ethyl adjacent to an activating group) is 2. The topological polar surface area (TPSA) is 61.4 Å².